The van der Waals surface area contributed by atoms with Crippen LogP contribution >= 0.6 is 0 Å². The summed E-state index contributed by atoms with van der Waals surface area (Å²) in [6.07, 6.45) is 74.0. The van der Waals surface area contributed by atoms with E-state index in [2.05, 4.69) is 48.5 Å². The Labute approximate surface area is 666 Å². The fourth-order valence-electron chi connectivity index (χ4n) is 15.5. The Morgan fingerprint density at radius 2 is 0.333 bits per heavy atom. The van der Waals surface area contributed by atoms with Gasteiger partial charge in [0.2, 0.25) is 47.3 Å². The van der Waals surface area contributed by atoms with Gasteiger partial charge in [-0.3, -0.25) is 38.4 Å². The molecule has 8 aliphatic rings. The molecule has 8 saturated heterocycles. The maximum absolute atomic E-state index is 11.4. The Morgan fingerprint density at radius 3 is 0.537 bits per heavy atom. The van der Waals surface area contributed by atoms with Gasteiger partial charge in [0.15, 0.2) is 0 Å². The molecule has 0 aromatic rings. The molecule has 8 aliphatic heterocycles. The lowest BCUT2D eigenvalue weighted by atomic mass is 10.1. The molecular formula is C92H176N8O8. The summed E-state index contributed by atoms with van der Waals surface area (Å²) in [6.45, 7) is 30.6. The van der Waals surface area contributed by atoms with Crippen LogP contribution in [0.5, 0.6) is 0 Å². The Balaban J connectivity index is 0.000000621. The molecule has 0 atom stereocenters. The van der Waals surface area contributed by atoms with Crippen LogP contribution in [0.2, 0.25) is 0 Å². The van der Waals surface area contributed by atoms with E-state index in [1.165, 1.54) is 283 Å². The molecule has 8 heterocycles. The number of carbonyl (C=O) groups is 8. The van der Waals surface area contributed by atoms with Gasteiger partial charge in [0, 0.05) is 157 Å². The molecule has 8 amide bonds. The minimum Gasteiger partial charge on any atom is -0.346 e. The molecule has 108 heavy (non-hydrogen) atoms. The molecule has 0 spiro atoms. The van der Waals surface area contributed by atoms with Crippen LogP contribution < -0.4 is 0 Å². The summed E-state index contributed by atoms with van der Waals surface area (Å²) in [6, 6.07) is 0. The summed E-state index contributed by atoms with van der Waals surface area (Å²) in [7, 11) is 1.88. The minimum absolute atomic E-state index is 0.313. The highest BCUT2D eigenvalue weighted by Gasteiger charge is 2.24. The lowest BCUT2D eigenvalue weighted by Gasteiger charge is -2.18. The molecule has 0 N–H and O–H groups in total. The van der Waals surface area contributed by atoms with E-state index in [1.54, 1.807) is 0 Å². The molecular weight excluding hydrogens is 1350 g/mol. The second-order valence-electron chi connectivity index (χ2n) is 32.7. The third-order valence-electron chi connectivity index (χ3n) is 22.7. The normalized spacial score (nSPS) is 17.3. The van der Waals surface area contributed by atoms with E-state index >= 15 is 0 Å². The first-order chi connectivity index (χ1) is 52.7. The van der Waals surface area contributed by atoms with Crippen molar-refractivity contribution in [2.45, 2.75) is 440 Å². The third kappa shape index (κ3) is 56.9. The van der Waals surface area contributed by atoms with Crippen LogP contribution in [-0.4, -0.2) is 192 Å². The van der Waals surface area contributed by atoms with Crippen LogP contribution in [0, 0.1) is 0 Å². The van der Waals surface area contributed by atoms with Crippen molar-refractivity contribution in [2.75, 3.05) is 105 Å². The molecule has 16 nitrogen and oxygen atoms in total. The van der Waals surface area contributed by atoms with Crippen LogP contribution in [0.4, 0.5) is 0 Å². The van der Waals surface area contributed by atoms with Crippen LogP contribution in [0.25, 0.3) is 0 Å². The van der Waals surface area contributed by atoms with Crippen LogP contribution in [-0.2, 0) is 38.4 Å². The van der Waals surface area contributed by atoms with Crippen LogP contribution in [0.1, 0.15) is 440 Å². The van der Waals surface area contributed by atoms with Gasteiger partial charge in [-0.05, 0) is 109 Å². The molecule has 0 aromatic heterocycles. The molecule has 16 heteroatoms. The highest BCUT2D eigenvalue weighted by molar-refractivity contribution is 5.80. The van der Waals surface area contributed by atoms with Gasteiger partial charge in [-0.1, -0.05) is 280 Å². The van der Waals surface area contributed by atoms with Crippen molar-refractivity contribution in [3.05, 3.63) is 0 Å². The van der Waals surface area contributed by atoms with Crippen LogP contribution in [0.3, 0.4) is 0 Å². The van der Waals surface area contributed by atoms with Crippen molar-refractivity contribution in [2.24, 2.45) is 0 Å². The molecule has 0 saturated carbocycles. The average Bonchev–Trinajstić information content (AvgIpc) is 1.81. The molecule has 0 radical (unpaired) electrons. The smallest absolute Gasteiger partial charge is 0.222 e. The quantitative estimate of drug-likeness (QED) is 0.0544. The monoisotopic (exact) mass is 1520 g/mol. The maximum Gasteiger partial charge on any atom is 0.222 e. The van der Waals surface area contributed by atoms with E-state index in [-0.39, 0.29) is 0 Å². The minimum atomic E-state index is 0.313. The number of unbranched alkanes of at least 4 members (excludes halogenated alkanes) is 34. The van der Waals surface area contributed by atoms with Crippen LogP contribution in [0.15, 0.2) is 0 Å². The first-order valence-corrected chi connectivity index (χ1v) is 46.9. The summed E-state index contributed by atoms with van der Waals surface area (Å²) in [5.41, 5.74) is 0. The summed E-state index contributed by atoms with van der Waals surface area (Å²) in [5, 5.41) is 0. The van der Waals surface area contributed by atoms with Gasteiger partial charge in [0.25, 0.3) is 0 Å². The fourth-order valence-corrected chi connectivity index (χ4v) is 15.5. The van der Waals surface area contributed by atoms with Crippen molar-refractivity contribution in [1.82, 2.24) is 39.2 Å². The zero-order valence-electron chi connectivity index (χ0n) is 72.6. The van der Waals surface area contributed by atoms with E-state index in [1.807, 2.05) is 46.2 Å². The van der Waals surface area contributed by atoms with Gasteiger partial charge >= 0.3 is 0 Å². The Bertz CT molecular complexity index is 2180. The molecule has 632 valence electrons. The average molecular weight is 1520 g/mol. The highest BCUT2D eigenvalue weighted by Crippen LogP contribution is 2.20. The Morgan fingerprint density at radius 1 is 0.167 bits per heavy atom. The van der Waals surface area contributed by atoms with E-state index in [0.717, 1.165) is 207 Å². The standard InChI is InChI=1S/C16H31NO.C14H27NO.C13H25NO.C12H23NO.C11H21NO.C10H19NO.C9H17NO.C7H13NO/c1-2-3-4-5-6-7-8-9-10-11-14-17-15-12-13-16(17)18;1-2-3-4-5-6-7-8-9-12-15-13-10-11-14(15)16;1-2-3-4-5-6-7-8-11-14-12-9-10-13(14)15;1-2-3-4-5-6-7-10-13-11-8-9-12(13)14;1-2-3-4-5-6-9-12-10-7-8-11(12)13;1-2-3-4-5-8-11-9-6-7-10(11)12;1-2-7-10-8-5-3-4-6-9(10)11;1-8-6-4-2-3-5-7(8)9/h2-15H2,1H3;2-13H2,1H3;2-12H2,1H3;2-11H2,1H3;2-10H2,1H3;2-9H2,1H3;2-8H2,1H3;2-6H2,1H3. The second-order valence-corrected chi connectivity index (χ2v) is 32.7. The van der Waals surface area contributed by atoms with Crippen molar-refractivity contribution < 1.29 is 38.4 Å². The fraction of sp³-hybridized carbons (Fsp3) is 0.913. The summed E-state index contributed by atoms with van der Waals surface area (Å²) < 4.78 is 0. The van der Waals surface area contributed by atoms with Gasteiger partial charge < -0.3 is 39.2 Å². The summed E-state index contributed by atoms with van der Waals surface area (Å²) >= 11 is 0. The lowest BCUT2D eigenvalue weighted by Crippen LogP contribution is -2.30. The first-order valence-electron chi connectivity index (χ1n) is 46.9. The highest BCUT2D eigenvalue weighted by atomic mass is 16.2. The topological polar surface area (TPSA) is 162 Å². The first kappa shape index (κ1) is 102. The number of likely N-dealkylation sites (tertiary alicyclic amines) is 8. The zero-order valence-corrected chi connectivity index (χ0v) is 72.6. The van der Waals surface area contributed by atoms with Gasteiger partial charge in [0.1, 0.15) is 0 Å². The molecule has 8 rings (SSSR count). The Kier molecular flexibility index (Phi) is 69.9. The number of nitrogens with zero attached hydrogens (tertiary/aromatic N) is 8. The van der Waals surface area contributed by atoms with Crippen molar-refractivity contribution >= 4 is 47.3 Å². The van der Waals surface area contributed by atoms with Gasteiger partial charge in [-0.15, -0.1) is 0 Å². The summed E-state index contributed by atoms with van der Waals surface area (Å²) in [5.74, 6) is 2.92. The van der Waals surface area contributed by atoms with E-state index in [0.29, 0.717) is 47.3 Å². The maximum atomic E-state index is 11.4. The predicted octanol–water partition coefficient (Wildman–Crippen LogP) is 22.2. The second kappa shape index (κ2) is 74.2. The lowest BCUT2D eigenvalue weighted by molar-refractivity contribution is -0.131. The Hall–Kier alpha value is -4.24. The number of rotatable bonds is 48. The SMILES string of the molecule is CCCCCCCCCCCCN1CCCC1=O.CCCCCCCCCCN1CCCC1=O.CCCCCCCCCN1CCCC1=O.CCCCCCCCN1CCCC1=O.CCCCCCCN1CCCC1=O.CCCCCCN1CCCC1=O.CCCN1CCCCCC1=O.CN1CCCCCC1=O. The molecule has 0 bridgehead atoms. The molecule has 8 fully saturated rings. The zero-order chi connectivity index (χ0) is 79.0. The van der Waals surface area contributed by atoms with E-state index < -0.39 is 0 Å². The van der Waals surface area contributed by atoms with Crippen molar-refractivity contribution in [3.8, 4) is 0 Å². The third-order valence-corrected chi connectivity index (χ3v) is 22.7. The molecule has 0 unspecified atom stereocenters. The number of carbonyl (C=O) groups excluding carboxylic acids is 8. The predicted molar refractivity (Wildman–Crippen MR) is 455 cm³/mol. The van der Waals surface area contributed by atoms with Gasteiger partial charge in [-0.25, -0.2) is 0 Å². The summed E-state index contributed by atoms with van der Waals surface area (Å²) in [4.78, 5) is 106. The number of hydrogen-bond acceptors (Lipinski definition) is 8. The van der Waals surface area contributed by atoms with Crippen molar-refractivity contribution in [3.63, 3.8) is 0 Å². The van der Waals surface area contributed by atoms with E-state index in [4.69, 9.17) is 0 Å². The molecule has 0 aromatic carbocycles. The number of amides is 8. The van der Waals surface area contributed by atoms with Crippen molar-refractivity contribution in [1.29, 1.82) is 0 Å². The number of hydrogen-bond donors (Lipinski definition) is 0. The van der Waals surface area contributed by atoms with Gasteiger partial charge in [0.05, 0.1) is 0 Å². The largest absolute Gasteiger partial charge is 0.346 e. The van der Waals surface area contributed by atoms with E-state index in [9.17, 15) is 38.4 Å². The van der Waals surface area contributed by atoms with Gasteiger partial charge in [-0.2, -0.15) is 0 Å². The molecule has 0 aliphatic carbocycles.